The van der Waals surface area contributed by atoms with Crippen LogP contribution >= 0.6 is 0 Å². The highest BCUT2D eigenvalue weighted by atomic mass is 16.5. The van der Waals surface area contributed by atoms with Crippen LogP contribution in [0, 0.1) is 0 Å². The number of hydrogen-bond donors (Lipinski definition) is 1. The van der Waals surface area contributed by atoms with E-state index in [-0.39, 0.29) is 0 Å². The second-order valence-electron chi connectivity index (χ2n) is 4.97. The first-order chi connectivity index (χ1) is 10.3. The van der Waals surface area contributed by atoms with Crippen molar-refractivity contribution in [1.82, 2.24) is 5.32 Å². The Balaban J connectivity index is 1.83. The van der Waals surface area contributed by atoms with Gasteiger partial charge in [0.2, 0.25) is 0 Å². The Bertz CT molecular complexity index is 536. The predicted octanol–water partition coefficient (Wildman–Crippen LogP) is 3.50. The van der Waals surface area contributed by atoms with Gasteiger partial charge in [0.15, 0.2) is 0 Å². The highest BCUT2D eigenvalue weighted by Gasteiger charge is 2.03. The summed E-state index contributed by atoms with van der Waals surface area (Å²) in [5.74, 6) is 1.66. The maximum atomic E-state index is 5.75. The van der Waals surface area contributed by atoms with Gasteiger partial charge in [-0.3, -0.25) is 0 Å². The average Bonchev–Trinajstić information content (AvgIpc) is 2.94. The van der Waals surface area contributed by atoms with Gasteiger partial charge in [0.05, 0.1) is 12.9 Å². The Morgan fingerprint density at radius 1 is 1.14 bits per heavy atom. The van der Waals surface area contributed by atoms with Crippen LogP contribution in [0.4, 0.5) is 0 Å². The van der Waals surface area contributed by atoms with Gasteiger partial charge in [-0.05, 0) is 36.7 Å². The number of methoxy groups -OCH3 is 1. The molecule has 2 rings (SSSR count). The molecule has 1 aromatic heterocycles. The van der Waals surface area contributed by atoms with Crippen molar-refractivity contribution in [3.63, 3.8) is 0 Å². The van der Waals surface area contributed by atoms with Crippen molar-refractivity contribution in [1.29, 1.82) is 0 Å². The van der Waals surface area contributed by atoms with Crippen LogP contribution in [-0.2, 0) is 24.5 Å². The van der Waals surface area contributed by atoms with E-state index in [1.54, 1.807) is 13.4 Å². The molecule has 1 N–H and O–H groups in total. The molecule has 0 amide bonds. The molecule has 0 aliphatic carbocycles. The van der Waals surface area contributed by atoms with E-state index in [0.717, 1.165) is 42.1 Å². The first-order valence-electron chi connectivity index (χ1n) is 7.29. The molecule has 0 unspecified atom stereocenters. The molecular formula is C17H23NO3. The minimum atomic E-state index is 0.435. The van der Waals surface area contributed by atoms with Crippen molar-refractivity contribution in [2.45, 2.75) is 33.1 Å². The minimum absolute atomic E-state index is 0.435. The first-order valence-corrected chi connectivity index (χ1v) is 7.29. The van der Waals surface area contributed by atoms with Crippen LogP contribution in [0.1, 0.15) is 30.2 Å². The first kappa shape index (κ1) is 15.6. The van der Waals surface area contributed by atoms with Crippen LogP contribution in [0.5, 0.6) is 5.75 Å². The molecule has 4 heteroatoms. The van der Waals surface area contributed by atoms with E-state index in [0.29, 0.717) is 13.2 Å². The van der Waals surface area contributed by atoms with Crippen LogP contribution in [0.3, 0.4) is 0 Å². The van der Waals surface area contributed by atoms with Gasteiger partial charge >= 0.3 is 0 Å². The summed E-state index contributed by atoms with van der Waals surface area (Å²) in [5, 5.41) is 3.35. The summed E-state index contributed by atoms with van der Waals surface area (Å²) < 4.78 is 16.4. The molecule has 0 radical (unpaired) electrons. The van der Waals surface area contributed by atoms with Crippen molar-refractivity contribution >= 4 is 0 Å². The second kappa shape index (κ2) is 8.49. The Kier molecular flexibility index (Phi) is 6.31. The predicted molar refractivity (Wildman–Crippen MR) is 82.2 cm³/mol. The van der Waals surface area contributed by atoms with Gasteiger partial charge in [0, 0.05) is 19.2 Å². The van der Waals surface area contributed by atoms with Crippen molar-refractivity contribution in [2.75, 3.05) is 13.7 Å². The molecule has 2 aromatic rings. The van der Waals surface area contributed by atoms with Crippen LogP contribution in [-0.4, -0.2) is 13.7 Å². The van der Waals surface area contributed by atoms with Crippen molar-refractivity contribution in [3.05, 3.63) is 53.5 Å². The lowest BCUT2D eigenvalue weighted by Gasteiger charge is -2.06. The highest BCUT2D eigenvalue weighted by Crippen LogP contribution is 2.16. The molecular weight excluding hydrogens is 266 g/mol. The van der Waals surface area contributed by atoms with E-state index in [9.17, 15) is 0 Å². The van der Waals surface area contributed by atoms with Gasteiger partial charge < -0.3 is 19.2 Å². The molecule has 4 nitrogen and oxygen atoms in total. The molecule has 1 aromatic carbocycles. The lowest BCUT2D eigenvalue weighted by Crippen LogP contribution is -2.13. The van der Waals surface area contributed by atoms with E-state index in [1.807, 2.05) is 30.3 Å². The summed E-state index contributed by atoms with van der Waals surface area (Å²) in [6, 6.07) is 9.93. The summed E-state index contributed by atoms with van der Waals surface area (Å²) in [6.45, 7) is 5.03. The number of ether oxygens (including phenoxy) is 2. The van der Waals surface area contributed by atoms with Crippen molar-refractivity contribution in [3.8, 4) is 5.75 Å². The maximum Gasteiger partial charge on any atom is 0.146 e. The maximum absolute atomic E-state index is 5.75. The topological polar surface area (TPSA) is 43.6 Å². The smallest absolute Gasteiger partial charge is 0.146 e. The zero-order valence-corrected chi connectivity index (χ0v) is 12.7. The number of furan rings is 1. The molecule has 21 heavy (non-hydrogen) atoms. The average molecular weight is 289 g/mol. The van der Waals surface area contributed by atoms with E-state index in [4.69, 9.17) is 13.9 Å². The Labute approximate surface area is 126 Å². The van der Waals surface area contributed by atoms with Gasteiger partial charge in [-0.15, -0.1) is 0 Å². The Morgan fingerprint density at radius 2 is 2.05 bits per heavy atom. The standard InChI is InChI=1S/C17H23NO3/c1-3-7-18-10-15-9-17(20-12-15)13-21-16-6-4-5-14(8-16)11-19-2/h4-6,8-9,12,18H,3,7,10-11,13H2,1-2H3. The third-order valence-electron chi connectivity index (χ3n) is 3.05. The van der Waals surface area contributed by atoms with Crippen molar-refractivity contribution < 1.29 is 13.9 Å². The molecule has 1 heterocycles. The molecule has 0 saturated carbocycles. The van der Waals surface area contributed by atoms with E-state index in [1.165, 1.54) is 0 Å². The van der Waals surface area contributed by atoms with E-state index in [2.05, 4.69) is 12.2 Å². The second-order valence-corrected chi connectivity index (χ2v) is 4.97. The molecule has 0 spiro atoms. The molecule has 0 saturated heterocycles. The van der Waals surface area contributed by atoms with E-state index >= 15 is 0 Å². The van der Waals surface area contributed by atoms with Gasteiger partial charge in [-0.2, -0.15) is 0 Å². The molecule has 0 bridgehead atoms. The lowest BCUT2D eigenvalue weighted by molar-refractivity contribution is 0.184. The van der Waals surface area contributed by atoms with Crippen LogP contribution in [0.15, 0.2) is 41.0 Å². The fourth-order valence-corrected chi connectivity index (χ4v) is 2.05. The van der Waals surface area contributed by atoms with Gasteiger partial charge in [0.25, 0.3) is 0 Å². The normalized spacial score (nSPS) is 10.8. The molecule has 0 fully saturated rings. The lowest BCUT2D eigenvalue weighted by atomic mass is 10.2. The fraction of sp³-hybridized carbons (Fsp3) is 0.412. The monoisotopic (exact) mass is 289 g/mol. The van der Waals surface area contributed by atoms with Crippen LogP contribution in [0.25, 0.3) is 0 Å². The SMILES string of the molecule is CCCNCc1coc(COc2cccc(COC)c2)c1. The zero-order valence-electron chi connectivity index (χ0n) is 12.7. The molecule has 0 atom stereocenters. The van der Waals surface area contributed by atoms with Gasteiger partial charge in [-0.25, -0.2) is 0 Å². The number of rotatable bonds is 9. The summed E-state index contributed by atoms with van der Waals surface area (Å²) in [6.07, 6.45) is 2.91. The fourth-order valence-electron chi connectivity index (χ4n) is 2.05. The van der Waals surface area contributed by atoms with E-state index < -0.39 is 0 Å². The summed E-state index contributed by atoms with van der Waals surface area (Å²) >= 11 is 0. The minimum Gasteiger partial charge on any atom is -0.486 e. The number of nitrogens with one attached hydrogen (secondary N) is 1. The summed E-state index contributed by atoms with van der Waals surface area (Å²) in [5.41, 5.74) is 2.24. The van der Waals surface area contributed by atoms with Crippen molar-refractivity contribution in [2.24, 2.45) is 0 Å². The zero-order chi connectivity index (χ0) is 14.9. The Hall–Kier alpha value is -1.78. The molecule has 0 aliphatic heterocycles. The largest absolute Gasteiger partial charge is 0.486 e. The van der Waals surface area contributed by atoms with Gasteiger partial charge in [-0.1, -0.05) is 19.1 Å². The Morgan fingerprint density at radius 3 is 2.86 bits per heavy atom. The quantitative estimate of drug-likeness (QED) is 0.717. The third-order valence-corrected chi connectivity index (χ3v) is 3.05. The van der Waals surface area contributed by atoms with Gasteiger partial charge in [0.1, 0.15) is 18.1 Å². The highest BCUT2D eigenvalue weighted by molar-refractivity contribution is 5.28. The molecule has 114 valence electrons. The van der Waals surface area contributed by atoms with Crippen LogP contribution in [0.2, 0.25) is 0 Å². The number of hydrogen-bond acceptors (Lipinski definition) is 4. The third kappa shape index (κ3) is 5.25. The summed E-state index contributed by atoms with van der Waals surface area (Å²) in [4.78, 5) is 0. The molecule has 0 aliphatic rings. The van der Waals surface area contributed by atoms with Crippen LogP contribution < -0.4 is 10.1 Å². The number of benzene rings is 1. The summed E-state index contributed by atoms with van der Waals surface area (Å²) in [7, 11) is 1.69.